The van der Waals surface area contributed by atoms with Crippen LogP contribution in [-0.4, -0.2) is 23.9 Å². The zero-order valence-electron chi connectivity index (χ0n) is 15.4. The summed E-state index contributed by atoms with van der Waals surface area (Å²) in [4.78, 5) is 14.4. The Morgan fingerprint density at radius 2 is 2.00 bits per heavy atom. The lowest BCUT2D eigenvalue weighted by Gasteiger charge is -2.29. The number of carbonyl (C=O) groups is 1. The normalized spacial score (nSPS) is 14.5. The minimum absolute atomic E-state index is 0.0709. The van der Waals surface area contributed by atoms with Gasteiger partial charge in [0.2, 0.25) is 0 Å². The third-order valence-corrected chi connectivity index (χ3v) is 3.33. The minimum atomic E-state index is -0.236. The average molecular weight is 314 g/mol. The van der Waals surface area contributed by atoms with Crippen molar-refractivity contribution in [3.8, 4) is 6.07 Å². The molecule has 0 aliphatic heterocycles. The van der Waals surface area contributed by atoms with Crippen LogP contribution in [-0.2, 0) is 4.79 Å². The summed E-state index contributed by atoms with van der Waals surface area (Å²) < 4.78 is 0. The van der Waals surface area contributed by atoms with E-state index in [1.807, 2.05) is 45.9 Å². The first-order valence-corrected chi connectivity index (χ1v) is 8.07. The SMILES string of the molecule is C=C/C=C(\C=C/C)C(CCC)N(C)C(=O)/C(C#N)=C/C(C)(C)C. The van der Waals surface area contributed by atoms with E-state index in [2.05, 4.69) is 19.6 Å². The zero-order valence-corrected chi connectivity index (χ0v) is 15.4. The number of allylic oxidation sites excluding steroid dienone is 4. The van der Waals surface area contributed by atoms with Crippen LogP contribution >= 0.6 is 0 Å². The molecule has 0 aromatic heterocycles. The fourth-order valence-electron chi connectivity index (χ4n) is 2.37. The predicted octanol–water partition coefficient (Wildman–Crippen LogP) is 4.80. The molecule has 0 fully saturated rings. The summed E-state index contributed by atoms with van der Waals surface area (Å²) in [5, 5.41) is 9.36. The van der Waals surface area contributed by atoms with E-state index in [1.54, 1.807) is 24.1 Å². The van der Waals surface area contributed by atoms with E-state index < -0.39 is 0 Å². The second kappa shape index (κ2) is 9.84. The molecule has 0 aliphatic carbocycles. The Labute approximate surface area is 141 Å². The highest BCUT2D eigenvalue weighted by Gasteiger charge is 2.25. The highest BCUT2D eigenvalue weighted by atomic mass is 16.2. The lowest BCUT2D eigenvalue weighted by atomic mass is 9.92. The molecule has 0 aliphatic rings. The van der Waals surface area contributed by atoms with Crippen LogP contribution in [0.2, 0.25) is 0 Å². The zero-order chi connectivity index (χ0) is 18.0. The molecule has 3 heteroatoms. The van der Waals surface area contributed by atoms with Gasteiger partial charge in [0.05, 0.1) is 6.04 Å². The van der Waals surface area contributed by atoms with Gasteiger partial charge >= 0.3 is 0 Å². The van der Waals surface area contributed by atoms with Crippen molar-refractivity contribution in [3.63, 3.8) is 0 Å². The van der Waals surface area contributed by atoms with Crippen LogP contribution in [0.5, 0.6) is 0 Å². The molecule has 126 valence electrons. The van der Waals surface area contributed by atoms with Gasteiger partial charge in [-0.1, -0.05) is 71.1 Å². The second-order valence-electron chi connectivity index (χ2n) is 6.66. The lowest BCUT2D eigenvalue weighted by molar-refractivity contribution is -0.127. The molecule has 0 saturated heterocycles. The third-order valence-electron chi connectivity index (χ3n) is 3.33. The molecule has 0 spiro atoms. The number of hydrogen-bond donors (Lipinski definition) is 0. The Balaban J connectivity index is 5.71. The van der Waals surface area contributed by atoms with Crippen LogP contribution < -0.4 is 0 Å². The molecule has 0 bridgehead atoms. The van der Waals surface area contributed by atoms with Crippen LogP contribution in [0.4, 0.5) is 0 Å². The monoisotopic (exact) mass is 314 g/mol. The first-order valence-electron chi connectivity index (χ1n) is 8.07. The van der Waals surface area contributed by atoms with E-state index in [4.69, 9.17) is 0 Å². The Morgan fingerprint density at radius 3 is 2.39 bits per heavy atom. The Kier molecular flexibility index (Phi) is 8.95. The van der Waals surface area contributed by atoms with Gasteiger partial charge in [0.15, 0.2) is 0 Å². The number of rotatable bonds is 7. The van der Waals surface area contributed by atoms with Crippen molar-refractivity contribution in [2.24, 2.45) is 5.41 Å². The van der Waals surface area contributed by atoms with E-state index in [9.17, 15) is 10.1 Å². The Hall–Kier alpha value is -2.08. The fourth-order valence-corrected chi connectivity index (χ4v) is 2.37. The van der Waals surface area contributed by atoms with Gasteiger partial charge in [-0.3, -0.25) is 4.79 Å². The molecular weight excluding hydrogens is 284 g/mol. The largest absolute Gasteiger partial charge is 0.334 e. The van der Waals surface area contributed by atoms with E-state index in [1.165, 1.54) is 0 Å². The van der Waals surface area contributed by atoms with Gasteiger partial charge < -0.3 is 4.90 Å². The predicted molar refractivity (Wildman–Crippen MR) is 97.7 cm³/mol. The molecule has 0 aromatic carbocycles. The molecule has 0 saturated carbocycles. The van der Waals surface area contributed by atoms with Gasteiger partial charge in [0.1, 0.15) is 11.6 Å². The van der Waals surface area contributed by atoms with E-state index >= 15 is 0 Å². The maximum absolute atomic E-state index is 12.7. The van der Waals surface area contributed by atoms with Crippen LogP contribution in [0.1, 0.15) is 47.5 Å². The van der Waals surface area contributed by atoms with Gasteiger partial charge in [-0.25, -0.2) is 0 Å². The summed E-state index contributed by atoms with van der Waals surface area (Å²) in [5.74, 6) is -0.236. The molecule has 0 radical (unpaired) electrons. The number of amides is 1. The molecule has 23 heavy (non-hydrogen) atoms. The highest BCUT2D eigenvalue weighted by Crippen LogP contribution is 2.22. The molecule has 1 atom stereocenters. The van der Waals surface area contributed by atoms with Gasteiger partial charge in [-0.15, -0.1) is 0 Å². The maximum Gasteiger partial charge on any atom is 0.264 e. The van der Waals surface area contributed by atoms with Gasteiger partial charge in [-0.05, 0) is 24.3 Å². The maximum atomic E-state index is 12.7. The number of hydrogen-bond acceptors (Lipinski definition) is 2. The molecule has 0 aromatic rings. The minimum Gasteiger partial charge on any atom is -0.334 e. The van der Waals surface area contributed by atoms with E-state index in [0.29, 0.717) is 0 Å². The molecular formula is C20H30N2O. The summed E-state index contributed by atoms with van der Waals surface area (Å²) >= 11 is 0. The summed E-state index contributed by atoms with van der Waals surface area (Å²) in [6.07, 6.45) is 11.1. The van der Waals surface area contributed by atoms with Crippen molar-refractivity contribution >= 4 is 5.91 Å². The highest BCUT2D eigenvalue weighted by molar-refractivity contribution is 5.97. The van der Waals surface area contributed by atoms with Crippen molar-refractivity contribution in [1.82, 2.24) is 4.90 Å². The van der Waals surface area contributed by atoms with Gasteiger partial charge in [0.25, 0.3) is 5.91 Å². The van der Waals surface area contributed by atoms with Crippen LogP contribution in [0, 0.1) is 16.7 Å². The lowest BCUT2D eigenvalue weighted by Crippen LogP contribution is -2.39. The molecule has 1 amide bonds. The molecule has 0 N–H and O–H groups in total. The topological polar surface area (TPSA) is 44.1 Å². The third kappa shape index (κ3) is 7.15. The van der Waals surface area contributed by atoms with Crippen molar-refractivity contribution in [2.75, 3.05) is 7.05 Å². The van der Waals surface area contributed by atoms with Crippen LogP contribution in [0.25, 0.3) is 0 Å². The first-order chi connectivity index (χ1) is 10.7. The second-order valence-corrected chi connectivity index (χ2v) is 6.66. The van der Waals surface area contributed by atoms with E-state index in [-0.39, 0.29) is 22.9 Å². The summed E-state index contributed by atoms with van der Waals surface area (Å²) in [7, 11) is 1.76. The number of carbonyl (C=O) groups excluding carboxylic acids is 1. The molecule has 0 rings (SSSR count). The Morgan fingerprint density at radius 1 is 1.39 bits per heavy atom. The quantitative estimate of drug-likeness (QED) is 0.385. The summed E-state index contributed by atoms with van der Waals surface area (Å²) in [6.45, 7) is 13.7. The standard InChI is InChI=1S/C20H30N2O/c1-8-11-16(12-9-2)18(13-10-3)22(7)19(23)17(15-21)14-20(4,5)6/h8-9,11-12,14,18H,1,10,13H2,2-7H3/b12-9-,16-11+,17-14+. The summed E-state index contributed by atoms with van der Waals surface area (Å²) in [5.41, 5.74) is 0.998. The van der Waals surface area contributed by atoms with Gasteiger partial charge in [-0.2, -0.15) is 5.26 Å². The fraction of sp³-hybridized carbons (Fsp3) is 0.500. The smallest absolute Gasteiger partial charge is 0.264 e. The summed E-state index contributed by atoms with van der Waals surface area (Å²) in [6, 6.07) is 1.98. The van der Waals surface area contributed by atoms with Crippen molar-refractivity contribution in [1.29, 1.82) is 5.26 Å². The number of nitrogens with zero attached hydrogens (tertiary/aromatic N) is 2. The van der Waals surface area contributed by atoms with Crippen molar-refractivity contribution in [2.45, 2.75) is 53.5 Å². The van der Waals surface area contributed by atoms with Crippen LogP contribution in [0.3, 0.4) is 0 Å². The average Bonchev–Trinajstić information content (AvgIpc) is 2.48. The number of likely N-dealkylation sites (N-methyl/N-ethyl adjacent to an activating group) is 1. The van der Waals surface area contributed by atoms with Gasteiger partial charge in [0, 0.05) is 7.05 Å². The van der Waals surface area contributed by atoms with E-state index in [0.717, 1.165) is 18.4 Å². The van der Waals surface area contributed by atoms with Crippen LogP contribution in [0.15, 0.2) is 48.1 Å². The molecule has 0 heterocycles. The number of nitriles is 1. The molecule has 3 nitrogen and oxygen atoms in total. The Bertz CT molecular complexity index is 539. The first kappa shape index (κ1) is 20.9. The molecule has 1 unspecified atom stereocenters. The van der Waals surface area contributed by atoms with Crippen molar-refractivity contribution in [3.05, 3.63) is 48.1 Å². The van der Waals surface area contributed by atoms with Crippen molar-refractivity contribution < 1.29 is 4.79 Å².